The highest BCUT2D eigenvalue weighted by atomic mass is 16.3. The van der Waals surface area contributed by atoms with Crippen LogP contribution in [-0.4, -0.2) is 52.7 Å². The van der Waals surface area contributed by atoms with Crippen LogP contribution >= 0.6 is 0 Å². The molecular weight excluding hydrogens is 450 g/mol. The summed E-state index contributed by atoms with van der Waals surface area (Å²) in [5.74, 6) is 2.33. The van der Waals surface area contributed by atoms with Crippen LogP contribution in [0.25, 0.3) is 11.0 Å². The highest BCUT2D eigenvalue weighted by Gasteiger charge is 2.26. The van der Waals surface area contributed by atoms with Crippen molar-refractivity contribution in [1.82, 2.24) is 15.2 Å². The molecular formula is C30H45N3O3. The average Bonchev–Trinajstić information content (AvgIpc) is 3.39. The van der Waals surface area contributed by atoms with Crippen molar-refractivity contribution in [3.05, 3.63) is 30.3 Å². The fourth-order valence-corrected chi connectivity index (χ4v) is 6.85. The largest absolute Gasteiger partial charge is 0.464 e. The second-order valence-corrected chi connectivity index (χ2v) is 11.9. The molecule has 3 aliphatic rings. The minimum atomic E-state index is -0.141. The number of carbonyl (C=O) groups is 1. The second-order valence-electron chi connectivity index (χ2n) is 11.9. The third-order valence-corrected chi connectivity index (χ3v) is 9.31. The predicted molar refractivity (Wildman–Crippen MR) is 143 cm³/mol. The van der Waals surface area contributed by atoms with Gasteiger partial charge in [0.15, 0.2) is 0 Å². The number of hydrogen-bond donors (Lipinski definition) is 2. The average molecular weight is 496 g/mol. The van der Waals surface area contributed by atoms with Crippen LogP contribution in [0.15, 0.2) is 29.0 Å². The molecule has 1 amide bonds. The SMILES string of the molecule is O=C(CC1CCC(O)CC1)NC1CCC(CCN2CCC(CCc3nccc4occc34)CC2)CC1. The van der Waals surface area contributed by atoms with E-state index in [1.807, 2.05) is 18.3 Å². The quantitative estimate of drug-likeness (QED) is 0.482. The summed E-state index contributed by atoms with van der Waals surface area (Å²) in [6, 6.07) is 4.37. The van der Waals surface area contributed by atoms with Gasteiger partial charge in [-0.2, -0.15) is 0 Å². The molecule has 0 unspecified atom stereocenters. The molecule has 2 aromatic heterocycles. The Morgan fingerprint density at radius 1 is 0.944 bits per heavy atom. The number of pyridine rings is 1. The van der Waals surface area contributed by atoms with E-state index in [-0.39, 0.29) is 12.0 Å². The van der Waals surface area contributed by atoms with Gasteiger partial charge in [0, 0.05) is 24.0 Å². The lowest BCUT2D eigenvalue weighted by molar-refractivity contribution is -0.123. The van der Waals surface area contributed by atoms with E-state index < -0.39 is 0 Å². The van der Waals surface area contributed by atoms with Crippen LogP contribution in [0.5, 0.6) is 0 Å². The molecule has 2 aromatic rings. The Balaban J connectivity index is 0.935. The smallest absolute Gasteiger partial charge is 0.220 e. The first kappa shape index (κ1) is 25.7. The number of aliphatic hydroxyl groups is 1. The van der Waals surface area contributed by atoms with Crippen molar-refractivity contribution in [3.63, 3.8) is 0 Å². The molecule has 0 spiro atoms. The number of piperidine rings is 1. The zero-order valence-electron chi connectivity index (χ0n) is 21.9. The van der Waals surface area contributed by atoms with Crippen LogP contribution in [0.1, 0.15) is 89.2 Å². The van der Waals surface area contributed by atoms with Crippen LogP contribution in [0, 0.1) is 17.8 Å². The molecule has 0 atom stereocenters. The lowest BCUT2D eigenvalue weighted by atomic mass is 9.83. The first-order valence-corrected chi connectivity index (χ1v) is 14.6. The van der Waals surface area contributed by atoms with Crippen molar-refractivity contribution in [2.45, 2.75) is 102 Å². The van der Waals surface area contributed by atoms with Gasteiger partial charge in [-0.3, -0.25) is 9.78 Å². The summed E-state index contributed by atoms with van der Waals surface area (Å²) in [5.41, 5.74) is 2.14. The second kappa shape index (κ2) is 12.6. The Morgan fingerprint density at radius 2 is 1.67 bits per heavy atom. The topological polar surface area (TPSA) is 78.6 Å². The predicted octanol–water partition coefficient (Wildman–Crippen LogP) is 5.48. The van der Waals surface area contributed by atoms with Crippen molar-refractivity contribution in [2.24, 2.45) is 17.8 Å². The highest BCUT2D eigenvalue weighted by molar-refractivity contribution is 5.79. The number of amides is 1. The third-order valence-electron chi connectivity index (χ3n) is 9.31. The summed E-state index contributed by atoms with van der Waals surface area (Å²) >= 11 is 0. The van der Waals surface area contributed by atoms with E-state index in [9.17, 15) is 9.90 Å². The number of furan rings is 1. The van der Waals surface area contributed by atoms with Gasteiger partial charge in [0.25, 0.3) is 0 Å². The zero-order valence-corrected chi connectivity index (χ0v) is 21.9. The Labute approximate surface area is 216 Å². The van der Waals surface area contributed by atoms with E-state index in [2.05, 4.69) is 15.2 Å². The minimum absolute atomic E-state index is 0.141. The summed E-state index contributed by atoms with van der Waals surface area (Å²) < 4.78 is 5.52. The van der Waals surface area contributed by atoms with E-state index in [4.69, 9.17) is 4.42 Å². The number of likely N-dealkylation sites (tertiary alicyclic amines) is 1. The Hall–Kier alpha value is -1.92. The van der Waals surface area contributed by atoms with Gasteiger partial charge in [-0.1, -0.05) is 0 Å². The molecule has 1 saturated heterocycles. The lowest BCUT2D eigenvalue weighted by Gasteiger charge is -2.34. The molecule has 2 N–H and O–H groups in total. The van der Waals surface area contributed by atoms with Gasteiger partial charge in [0.1, 0.15) is 5.58 Å². The first-order chi connectivity index (χ1) is 17.6. The molecule has 3 fully saturated rings. The van der Waals surface area contributed by atoms with E-state index in [1.165, 1.54) is 69.2 Å². The van der Waals surface area contributed by atoms with Crippen LogP contribution in [0.4, 0.5) is 0 Å². The summed E-state index contributed by atoms with van der Waals surface area (Å²) in [4.78, 5) is 19.8. The van der Waals surface area contributed by atoms with Crippen LogP contribution in [0.2, 0.25) is 0 Å². The van der Waals surface area contributed by atoms with Gasteiger partial charge in [0.05, 0.1) is 18.1 Å². The maximum atomic E-state index is 12.5. The van der Waals surface area contributed by atoms with E-state index in [1.54, 1.807) is 6.26 Å². The number of fused-ring (bicyclic) bond motifs is 1. The highest BCUT2D eigenvalue weighted by Crippen LogP contribution is 2.30. The van der Waals surface area contributed by atoms with Gasteiger partial charge in [-0.15, -0.1) is 0 Å². The molecule has 3 heterocycles. The molecule has 0 aromatic carbocycles. The molecule has 6 nitrogen and oxygen atoms in total. The Kier molecular flexibility index (Phi) is 8.97. The monoisotopic (exact) mass is 495 g/mol. The molecule has 0 radical (unpaired) electrons. The number of nitrogens with one attached hydrogen (secondary N) is 1. The molecule has 2 aliphatic carbocycles. The standard InChI is InChI=1S/C30H45N3O3/c34-26-8-3-24(4-9-26)21-30(35)32-25-6-1-22(2-7-25)12-17-33-18-13-23(14-19-33)5-10-28-27-15-20-36-29(27)11-16-31-28/h11,15-16,20,22-26,34H,1-10,12-14,17-19,21H2,(H,32,35). The number of carbonyl (C=O) groups excluding carboxylic acids is 1. The van der Waals surface area contributed by atoms with Crippen LogP contribution < -0.4 is 5.32 Å². The molecule has 6 heteroatoms. The fraction of sp³-hybridized carbons (Fsp3) is 0.733. The molecule has 2 saturated carbocycles. The van der Waals surface area contributed by atoms with Crippen molar-refractivity contribution in [2.75, 3.05) is 19.6 Å². The minimum Gasteiger partial charge on any atom is -0.464 e. The van der Waals surface area contributed by atoms with Gasteiger partial charge < -0.3 is 19.7 Å². The fourth-order valence-electron chi connectivity index (χ4n) is 6.85. The Morgan fingerprint density at radius 3 is 2.44 bits per heavy atom. The van der Waals surface area contributed by atoms with Crippen molar-refractivity contribution >= 4 is 16.9 Å². The number of aryl methyl sites for hydroxylation is 1. The zero-order chi connectivity index (χ0) is 24.7. The van der Waals surface area contributed by atoms with E-state index >= 15 is 0 Å². The lowest BCUT2D eigenvalue weighted by Crippen LogP contribution is -2.39. The molecule has 1 aliphatic heterocycles. The molecule has 198 valence electrons. The summed E-state index contributed by atoms with van der Waals surface area (Å²) in [5, 5.41) is 14.2. The van der Waals surface area contributed by atoms with Gasteiger partial charge in [-0.05, 0) is 133 Å². The van der Waals surface area contributed by atoms with Gasteiger partial charge >= 0.3 is 0 Å². The number of aromatic nitrogens is 1. The van der Waals surface area contributed by atoms with Gasteiger partial charge in [-0.25, -0.2) is 0 Å². The molecule has 5 rings (SSSR count). The van der Waals surface area contributed by atoms with Crippen molar-refractivity contribution in [3.8, 4) is 0 Å². The normalized spacial score (nSPS) is 28.4. The third kappa shape index (κ3) is 7.10. The summed E-state index contributed by atoms with van der Waals surface area (Å²) in [6.45, 7) is 3.70. The number of nitrogens with zero attached hydrogens (tertiary/aromatic N) is 2. The van der Waals surface area contributed by atoms with E-state index in [0.29, 0.717) is 18.4 Å². The van der Waals surface area contributed by atoms with Crippen LogP contribution in [0.3, 0.4) is 0 Å². The summed E-state index contributed by atoms with van der Waals surface area (Å²) in [7, 11) is 0. The Bertz CT molecular complexity index is 951. The number of rotatable bonds is 9. The maximum absolute atomic E-state index is 12.5. The first-order valence-electron chi connectivity index (χ1n) is 14.6. The number of aliphatic hydroxyl groups excluding tert-OH is 1. The van der Waals surface area contributed by atoms with Crippen molar-refractivity contribution < 1.29 is 14.3 Å². The molecule has 36 heavy (non-hydrogen) atoms. The van der Waals surface area contributed by atoms with Crippen molar-refractivity contribution in [1.29, 1.82) is 0 Å². The maximum Gasteiger partial charge on any atom is 0.220 e. The summed E-state index contributed by atoms with van der Waals surface area (Å²) in [6.07, 6.45) is 18.8. The van der Waals surface area contributed by atoms with E-state index in [0.717, 1.165) is 62.4 Å². The number of hydrogen-bond acceptors (Lipinski definition) is 5. The van der Waals surface area contributed by atoms with Crippen LogP contribution in [-0.2, 0) is 11.2 Å². The molecule has 0 bridgehead atoms. The van der Waals surface area contributed by atoms with Gasteiger partial charge in [0.2, 0.25) is 5.91 Å².